The standard InChI is InChI=1S/C8H4ClF2NOS/c9-5-1-4(13-8(10)11)2-6-7(5)14-3-12-6/h1-3,8H. The molecule has 0 amide bonds. The fourth-order valence-electron chi connectivity index (χ4n) is 1.07. The zero-order chi connectivity index (χ0) is 10.1. The Balaban J connectivity index is 2.47. The molecular formula is C8H4ClF2NOS. The normalized spacial score (nSPS) is 11.1. The van der Waals surface area contributed by atoms with E-state index < -0.39 is 6.61 Å². The van der Waals surface area contributed by atoms with Gasteiger partial charge in [-0.05, 0) is 0 Å². The van der Waals surface area contributed by atoms with Crippen molar-refractivity contribution in [3.05, 3.63) is 22.7 Å². The molecule has 0 N–H and O–H groups in total. The Bertz CT molecular complexity index is 460. The van der Waals surface area contributed by atoms with Crippen LogP contribution in [0.2, 0.25) is 5.02 Å². The first kappa shape index (κ1) is 9.61. The lowest BCUT2D eigenvalue weighted by molar-refractivity contribution is -0.0497. The van der Waals surface area contributed by atoms with Gasteiger partial charge in [-0.3, -0.25) is 0 Å². The van der Waals surface area contributed by atoms with E-state index in [0.29, 0.717) is 10.5 Å². The summed E-state index contributed by atoms with van der Waals surface area (Å²) in [4.78, 5) is 3.96. The minimum atomic E-state index is -2.85. The maximum atomic E-state index is 11.9. The molecule has 0 saturated carbocycles. The number of rotatable bonds is 2. The van der Waals surface area contributed by atoms with Gasteiger partial charge in [-0.2, -0.15) is 8.78 Å². The fraction of sp³-hybridized carbons (Fsp3) is 0.125. The Labute approximate surface area is 87.1 Å². The van der Waals surface area contributed by atoms with E-state index in [1.54, 1.807) is 5.51 Å². The Hall–Kier alpha value is -0.940. The van der Waals surface area contributed by atoms with Crippen LogP contribution >= 0.6 is 22.9 Å². The highest BCUT2D eigenvalue weighted by Gasteiger charge is 2.09. The number of hydrogen-bond donors (Lipinski definition) is 0. The topological polar surface area (TPSA) is 22.1 Å². The van der Waals surface area contributed by atoms with Crippen molar-refractivity contribution in [2.24, 2.45) is 0 Å². The molecule has 1 aromatic carbocycles. The predicted molar refractivity (Wildman–Crippen MR) is 51.3 cm³/mol. The highest BCUT2D eigenvalue weighted by atomic mass is 35.5. The minimum absolute atomic E-state index is 0.0309. The predicted octanol–water partition coefficient (Wildman–Crippen LogP) is 3.55. The van der Waals surface area contributed by atoms with Crippen LogP contribution in [-0.2, 0) is 0 Å². The molecule has 2 aromatic rings. The lowest BCUT2D eigenvalue weighted by Gasteiger charge is -2.04. The highest BCUT2D eigenvalue weighted by molar-refractivity contribution is 7.17. The highest BCUT2D eigenvalue weighted by Crippen LogP contribution is 2.31. The van der Waals surface area contributed by atoms with Crippen LogP contribution in [0.15, 0.2) is 17.6 Å². The molecular weight excluding hydrogens is 232 g/mol. The summed E-state index contributed by atoms with van der Waals surface area (Å²) < 4.78 is 28.8. The van der Waals surface area contributed by atoms with E-state index in [-0.39, 0.29) is 5.75 Å². The molecule has 0 aliphatic rings. The number of nitrogens with zero attached hydrogens (tertiary/aromatic N) is 1. The Morgan fingerprint density at radius 2 is 2.21 bits per heavy atom. The molecule has 74 valence electrons. The zero-order valence-electron chi connectivity index (χ0n) is 6.71. The summed E-state index contributed by atoms with van der Waals surface area (Å²) in [6.45, 7) is -2.85. The van der Waals surface area contributed by atoms with E-state index >= 15 is 0 Å². The van der Waals surface area contributed by atoms with Gasteiger partial charge in [0.1, 0.15) is 5.75 Å². The van der Waals surface area contributed by atoms with Crippen molar-refractivity contribution in [2.45, 2.75) is 6.61 Å². The Kier molecular flexibility index (Phi) is 2.52. The largest absolute Gasteiger partial charge is 0.435 e. The first-order valence-electron chi connectivity index (χ1n) is 3.64. The van der Waals surface area contributed by atoms with Crippen LogP contribution in [-0.4, -0.2) is 11.6 Å². The summed E-state index contributed by atoms with van der Waals surface area (Å²) in [5.74, 6) is 0.0309. The summed E-state index contributed by atoms with van der Waals surface area (Å²) >= 11 is 7.19. The molecule has 0 bridgehead atoms. The van der Waals surface area contributed by atoms with Gasteiger partial charge in [-0.1, -0.05) is 11.6 Å². The van der Waals surface area contributed by atoms with E-state index in [4.69, 9.17) is 11.6 Å². The van der Waals surface area contributed by atoms with Crippen LogP contribution in [0.3, 0.4) is 0 Å². The van der Waals surface area contributed by atoms with Crippen LogP contribution in [0.5, 0.6) is 5.75 Å². The van der Waals surface area contributed by atoms with E-state index in [0.717, 1.165) is 4.70 Å². The van der Waals surface area contributed by atoms with Crippen molar-refractivity contribution in [3.8, 4) is 5.75 Å². The third-order valence-corrected chi connectivity index (χ3v) is 2.87. The van der Waals surface area contributed by atoms with Crippen molar-refractivity contribution in [1.82, 2.24) is 4.98 Å². The minimum Gasteiger partial charge on any atom is -0.435 e. The SMILES string of the molecule is FC(F)Oc1cc(Cl)c2scnc2c1. The number of fused-ring (bicyclic) bond motifs is 1. The van der Waals surface area contributed by atoms with Gasteiger partial charge >= 0.3 is 6.61 Å². The van der Waals surface area contributed by atoms with E-state index in [1.165, 1.54) is 23.5 Å². The third kappa shape index (κ3) is 1.78. The second-order valence-electron chi connectivity index (χ2n) is 2.48. The molecule has 0 unspecified atom stereocenters. The van der Waals surface area contributed by atoms with Gasteiger partial charge in [0.25, 0.3) is 0 Å². The summed E-state index contributed by atoms with van der Waals surface area (Å²) in [5, 5.41) is 0.376. The maximum absolute atomic E-state index is 11.9. The maximum Gasteiger partial charge on any atom is 0.387 e. The number of ether oxygens (including phenoxy) is 1. The molecule has 6 heteroatoms. The monoisotopic (exact) mass is 235 g/mol. The van der Waals surface area contributed by atoms with Crippen molar-refractivity contribution in [2.75, 3.05) is 0 Å². The van der Waals surface area contributed by atoms with Gasteiger partial charge in [-0.25, -0.2) is 4.98 Å². The second kappa shape index (κ2) is 3.67. The first-order chi connectivity index (χ1) is 6.66. The van der Waals surface area contributed by atoms with Crippen LogP contribution in [0, 0.1) is 0 Å². The van der Waals surface area contributed by atoms with Crippen LogP contribution in [0.1, 0.15) is 0 Å². The molecule has 2 nitrogen and oxygen atoms in total. The third-order valence-electron chi connectivity index (χ3n) is 1.59. The quantitative estimate of drug-likeness (QED) is 0.794. The summed E-state index contributed by atoms with van der Waals surface area (Å²) in [5.41, 5.74) is 2.17. The van der Waals surface area contributed by atoms with Crippen LogP contribution < -0.4 is 4.74 Å². The average molecular weight is 236 g/mol. The molecule has 1 heterocycles. The number of aromatic nitrogens is 1. The molecule has 0 aliphatic carbocycles. The number of halogens is 3. The van der Waals surface area contributed by atoms with E-state index in [2.05, 4.69) is 9.72 Å². The Morgan fingerprint density at radius 3 is 2.93 bits per heavy atom. The number of thiazole rings is 1. The van der Waals surface area contributed by atoms with E-state index in [1.807, 2.05) is 0 Å². The van der Waals surface area contributed by atoms with Gasteiger partial charge in [0.15, 0.2) is 0 Å². The van der Waals surface area contributed by atoms with Gasteiger partial charge < -0.3 is 4.74 Å². The van der Waals surface area contributed by atoms with Crippen molar-refractivity contribution < 1.29 is 13.5 Å². The smallest absolute Gasteiger partial charge is 0.387 e. The molecule has 0 fully saturated rings. The lowest BCUT2D eigenvalue weighted by Crippen LogP contribution is -2.01. The summed E-state index contributed by atoms with van der Waals surface area (Å²) in [6.07, 6.45) is 0. The molecule has 0 aliphatic heterocycles. The molecule has 1 aromatic heterocycles. The number of alkyl halides is 2. The van der Waals surface area contributed by atoms with Crippen LogP contribution in [0.25, 0.3) is 10.2 Å². The van der Waals surface area contributed by atoms with Crippen LogP contribution in [0.4, 0.5) is 8.78 Å². The van der Waals surface area contributed by atoms with E-state index in [9.17, 15) is 8.78 Å². The van der Waals surface area contributed by atoms with Crippen molar-refractivity contribution in [1.29, 1.82) is 0 Å². The zero-order valence-corrected chi connectivity index (χ0v) is 8.28. The van der Waals surface area contributed by atoms with Gasteiger partial charge in [0.2, 0.25) is 0 Å². The lowest BCUT2D eigenvalue weighted by atomic mass is 10.3. The van der Waals surface area contributed by atoms with Crippen molar-refractivity contribution in [3.63, 3.8) is 0 Å². The molecule has 2 rings (SSSR count). The van der Waals surface area contributed by atoms with Gasteiger partial charge in [-0.15, -0.1) is 11.3 Å². The summed E-state index contributed by atoms with van der Waals surface area (Å²) in [6, 6.07) is 2.79. The second-order valence-corrected chi connectivity index (χ2v) is 3.75. The first-order valence-corrected chi connectivity index (χ1v) is 4.90. The molecule has 0 saturated heterocycles. The van der Waals surface area contributed by atoms with Gasteiger partial charge in [0.05, 0.1) is 20.7 Å². The van der Waals surface area contributed by atoms with Crippen molar-refractivity contribution >= 4 is 33.2 Å². The average Bonchev–Trinajstić information content (AvgIpc) is 2.50. The molecule has 14 heavy (non-hydrogen) atoms. The number of hydrogen-bond acceptors (Lipinski definition) is 3. The molecule has 0 radical (unpaired) electrons. The molecule has 0 spiro atoms. The molecule has 0 atom stereocenters. The number of benzene rings is 1. The summed E-state index contributed by atoms with van der Waals surface area (Å²) in [7, 11) is 0. The van der Waals surface area contributed by atoms with Gasteiger partial charge in [0, 0.05) is 12.1 Å². The Morgan fingerprint density at radius 1 is 1.43 bits per heavy atom. The fourth-order valence-corrected chi connectivity index (χ4v) is 2.09.